The number of rotatable bonds is 5. The van der Waals surface area contributed by atoms with Gasteiger partial charge in [-0.05, 0) is 39.3 Å². The lowest BCUT2D eigenvalue weighted by Gasteiger charge is -2.13. The summed E-state index contributed by atoms with van der Waals surface area (Å²) in [5.74, 6) is 0. The molecule has 0 bridgehead atoms. The predicted octanol–water partition coefficient (Wildman–Crippen LogP) is 5.05. The van der Waals surface area contributed by atoms with E-state index in [-0.39, 0.29) is 0 Å². The van der Waals surface area contributed by atoms with Gasteiger partial charge in [0.15, 0.2) is 0 Å². The van der Waals surface area contributed by atoms with Gasteiger partial charge in [-0.3, -0.25) is 9.67 Å². The number of imidazole rings is 1. The molecule has 3 heterocycles. The third kappa shape index (κ3) is 3.24. The fourth-order valence-corrected chi connectivity index (χ4v) is 3.77. The normalized spacial score (nSPS) is 11.3. The van der Waals surface area contributed by atoms with E-state index in [0.717, 1.165) is 46.0 Å². The van der Waals surface area contributed by atoms with Crippen molar-refractivity contribution in [3.05, 3.63) is 78.1 Å². The standard InChI is InChI=1S/C23H25N5/c1-16(2)28-18(4)21(17(3)26-28)23-22(20-10-6-5-7-11-20)25-15-27(23)14-19-9-8-12-24-13-19/h5-13,15-16H,14H2,1-4H3. The molecule has 0 saturated heterocycles. The van der Waals surface area contributed by atoms with Crippen molar-refractivity contribution in [2.75, 3.05) is 0 Å². The predicted molar refractivity (Wildman–Crippen MR) is 112 cm³/mol. The maximum absolute atomic E-state index is 4.81. The van der Waals surface area contributed by atoms with E-state index in [2.05, 4.69) is 72.3 Å². The number of nitrogens with zero attached hydrogens (tertiary/aromatic N) is 5. The summed E-state index contributed by atoms with van der Waals surface area (Å²) < 4.78 is 4.31. The van der Waals surface area contributed by atoms with Crippen molar-refractivity contribution < 1.29 is 0 Å². The number of aromatic nitrogens is 5. The molecule has 5 heteroatoms. The molecule has 5 nitrogen and oxygen atoms in total. The Morgan fingerprint density at radius 2 is 1.79 bits per heavy atom. The molecular formula is C23H25N5. The van der Waals surface area contributed by atoms with Crippen molar-refractivity contribution in [3.8, 4) is 22.5 Å². The molecule has 0 atom stereocenters. The molecule has 0 radical (unpaired) electrons. The number of aryl methyl sites for hydroxylation is 1. The van der Waals surface area contributed by atoms with Crippen molar-refractivity contribution in [3.63, 3.8) is 0 Å². The minimum Gasteiger partial charge on any atom is -0.325 e. The Morgan fingerprint density at radius 1 is 1.00 bits per heavy atom. The van der Waals surface area contributed by atoms with E-state index in [1.165, 1.54) is 0 Å². The van der Waals surface area contributed by atoms with Crippen molar-refractivity contribution >= 4 is 0 Å². The Balaban J connectivity index is 1.92. The zero-order chi connectivity index (χ0) is 19.7. The second-order valence-corrected chi connectivity index (χ2v) is 7.38. The number of pyridine rings is 1. The highest BCUT2D eigenvalue weighted by atomic mass is 15.3. The van der Waals surface area contributed by atoms with Crippen LogP contribution >= 0.6 is 0 Å². The van der Waals surface area contributed by atoms with Crippen molar-refractivity contribution in [1.29, 1.82) is 0 Å². The van der Waals surface area contributed by atoms with Crippen LogP contribution < -0.4 is 0 Å². The van der Waals surface area contributed by atoms with Gasteiger partial charge in [0.05, 0.1) is 30.0 Å². The highest BCUT2D eigenvalue weighted by Gasteiger charge is 2.23. The molecule has 0 N–H and O–H groups in total. The Labute approximate surface area is 165 Å². The zero-order valence-electron chi connectivity index (χ0n) is 16.8. The first-order chi connectivity index (χ1) is 13.6. The van der Waals surface area contributed by atoms with Gasteiger partial charge >= 0.3 is 0 Å². The summed E-state index contributed by atoms with van der Waals surface area (Å²) in [7, 11) is 0. The Kier molecular flexibility index (Phi) is 4.82. The fraction of sp³-hybridized carbons (Fsp3) is 0.261. The molecule has 0 aliphatic heterocycles. The maximum Gasteiger partial charge on any atom is 0.0964 e. The molecule has 1 aromatic carbocycles. The minimum atomic E-state index is 0.308. The second-order valence-electron chi connectivity index (χ2n) is 7.38. The molecule has 0 unspecified atom stereocenters. The summed E-state index contributed by atoms with van der Waals surface area (Å²) in [5, 5.41) is 4.81. The monoisotopic (exact) mass is 371 g/mol. The molecule has 4 rings (SSSR count). The van der Waals surface area contributed by atoms with E-state index in [0.29, 0.717) is 6.04 Å². The van der Waals surface area contributed by atoms with Crippen LogP contribution in [0.15, 0.2) is 61.2 Å². The van der Waals surface area contributed by atoms with Gasteiger partial charge in [-0.2, -0.15) is 5.10 Å². The summed E-state index contributed by atoms with van der Waals surface area (Å²) in [6.07, 6.45) is 5.63. The smallest absolute Gasteiger partial charge is 0.0964 e. The molecule has 0 saturated carbocycles. The van der Waals surface area contributed by atoms with Gasteiger partial charge in [-0.1, -0.05) is 36.4 Å². The van der Waals surface area contributed by atoms with Crippen molar-refractivity contribution in [2.45, 2.75) is 40.3 Å². The number of benzene rings is 1. The van der Waals surface area contributed by atoms with Crippen molar-refractivity contribution in [2.24, 2.45) is 0 Å². The lowest BCUT2D eigenvalue weighted by molar-refractivity contribution is 0.516. The first-order valence-electron chi connectivity index (χ1n) is 9.61. The van der Waals surface area contributed by atoms with Crippen LogP contribution in [0.1, 0.15) is 36.8 Å². The second kappa shape index (κ2) is 7.43. The quantitative estimate of drug-likeness (QED) is 0.493. The van der Waals surface area contributed by atoms with Crippen LogP contribution in [0.4, 0.5) is 0 Å². The van der Waals surface area contributed by atoms with Gasteiger partial charge in [0.1, 0.15) is 0 Å². The van der Waals surface area contributed by atoms with Crippen LogP contribution in [0, 0.1) is 13.8 Å². The summed E-state index contributed by atoms with van der Waals surface area (Å²) in [4.78, 5) is 9.06. The summed E-state index contributed by atoms with van der Waals surface area (Å²) in [6, 6.07) is 14.7. The lowest BCUT2D eigenvalue weighted by atomic mass is 10.0. The molecular weight excluding hydrogens is 346 g/mol. The van der Waals surface area contributed by atoms with E-state index in [1.807, 2.05) is 24.7 Å². The lowest BCUT2D eigenvalue weighted by Crippen LogP contribution is -2.06. The third-order valence-electron chi connectivity index (χ3n) is 5.01. The van der Waals surface area contributed by atoms with E-state index in [4.69, 9.17) is 10.1 Å². The van der Waals surface area contributed by atoms with E-state index >= 15 is 0 Å². The summed E-state index contributed by atoms with van der Waals surface area (Å²) in [5.41, 5.74) is 7.70. The highest BCUT2D eigenvalue weighted by Crippen LogP contribution is 2.36. The first-order valence-corrected chi connectivity index (χ1v) is 9.61. The third-order valence-corrected chi connectivity index (χ3v) is 5.01. The largest absolute Gasteiger partial charge is 0.325 e. The van der Waals surface area contributed by atoms with Gasteiger partial charge in [0, 0.05) is 35.3 Å². The van der Waals surface area contributed by atoms with Crippen LogP contribution in [-0.4, -0.2) is 24.3 Å². The summed E-state index contributed by atoms with van der Waals surface area (Å²) in [6.45, 7) is 9.26. The molecule has 28 heavy (non-hydrogen) atoms. The van der Waals surface area contributed by atoms with Gasteiger partial charge < -0.3 is 4.57 Å². The van der Waals surface area contributed by atoms with Gasteiger partial charge in [0.25, 0.3) is 0 Å². The topological polar surface area (TPSA) is 48.5 Å². The van der Waals surface area contributed by atoms with Gasteiger partial charge in [0.2, 0.25) is 0 Å². The first kappa shape index (κ1) is 18.2. The SMILES string of the molecule is Cc1nn(C(C)C)c(C)c1-c1c(-c2ccccc2)ncn1Cc1cccnc1. The molecule has 0 spiro atoms. The van der Waals surface area contributed by atoms with Crippen LogP contribution in [0.3, 0.4) is 0 Å². The molecule has 4 aromatic rings. The van der Waals surface area contributed by atoms with E-state index in [9.17, 15) is 0 Å². The van der Waals surface area contributed by atoms with Crippen LogP contribution in [0.2, 0.25) is 0 Å². The van der Waals surface area contributed by atoms with Crippen LogP contribution in [-0.2, 0) is 6.54 Å². The van der Waals surface area contributed by atoms with E-state index < -0.39 is 0 Å². The Morgan fingerprint density at radius 3 is 2.43 bits per heavy atom. The molecule has 0 aliphatic carbocycles. The van der Waals surface area contributed by atoms with Crippen molar-refractivity contribution in [1.82, 2.24) is 24.3 Å². The van der Waals surface area contributed by atoms with Crippen LogP contribution in [0.5, 0.6) is 0 Å². The molecule has 0 fully saturated rings. The Hall–Kier alpha value is -3.21. The Bertz CT molecular complexity index is 1080. The molecule has 0 aliphatic rings. The minimum absolute atomic E-state index is 0.308. The van der Waals surface area contributed by atoms with Gasteiger partial charge in [-0.25, -0.2) is 4.98 Å². The number of hydrogen-bond donors (Lipinski definition) is 0. The highest BCUT2D eigenvalue weighted by molar-refractivity contribution is 5.81. The van der Waals surface area contributed by atoms with E-state index in [1.54, 1.807) is 6.20 Å². The zero-order valence-corrected chi connectivity index (χ0v) is 16.8. The molecule has 142 valence electrons. The molecule has 0 amide bonds. The fourth-order valence-electron chi connectivity index (χ4n) is 3.77. The van der Waals surface area contributed by atoms with Crippen LogP contribution in [0.25, 0.3) is 22.5 Å². The summed E-state index contributed by atoms with van der Waals surface area (Å²) >= 11 is 0. The molecule has 3 aromatic heterocycles. The average molecular weight is 371 g/mol. The maximum atomic E-state index is 4.81. The van der Waals surface area contributed by atoms with Gasteiger partial charge in [-0.15, -0.1) is 0 Å². The average Bonchev–Trinajstić information content (AvgIpc) is 3.23. The number of hydrogen-bond acceptors (Lipinski definition) is 3.